The molecule has 0 fully saturated rings. The molecular weight excluding hydrogens is 192 g/mol. The Kier molecular flexibility index (Phi) is 6.17. The van der Waals surface area contributed by atoms with Crippen LogP contribution >= 0.6 is 11.8 Å². The molecule has 0 aliphatic carbocycles. The van der Waals surface area contributed by atoms with Gasteiger partial charge in [0, 0.05) is 11.2 Å². The highest BCUT2D eigenvalue weighted by molar-refractivity contribution is 8.14. The number of hydrogen-bond acceptors (Lipinski definition) is 2. The van der Waals surface area contributed by atoms with Gasteiger partial charge in [-0.05, 0) is 26.7 Å². The normalized spacial score (nSPS) is 11.2. The molecule has 0 aromatic carbocycles. The van der Waals surface area contributed by atoms with E-state index in [0.717, 1.165) is 12.8 Å². The fourth-order valence-electron chi connectivity index (χ4n) is 1.03. The molecule has 0 saturated heterocycles. The average Bonchev–Trinajstić information content (AvgIpc) is 1.94. The zero-order valence-electron chi connectivity index (χ0n) is 10.0. The van der Waals surface area contributed by atoms with Gasteiger partial charge >= 0.3 is 0 Å². The van der Waals surface area contributed by atoms with Gasteiger partial charge < -0.3 is 0 Å². The van der Waals surface area contributed by atoms with Gasteiger partial charge in [0.05, 0.1) is 0 Å². The molecule has 0 spiro atoms. The molecule has 82 valence electrons. The highest BCUT2D eigenvalue weighted by atomic mass is 32.2. The van der Waals surface area contributed by atoms with Crippen molar-refractivity contribution in [2.75, 3.05) is 0 Å². The Morgan fingerprint density at radius 1 is 1.29 bits per heavy atom. The third kappa shape index (κ3) is 9.85. The van der Waals surface area contributed by atoms with E-state index < -0.39 is 0 Å². The van der Waals surface area contributed by atoms with E-state index in [2.05, 4.69) is 40.7 Å². The largest absolute Gasteiger partial charge is 0.287 e. The molecule has 0 N–H and O–H groups in total. The fraction of sp³-hybridized carbons (Fsp3) is 0.750. The van der Waals surface area contributed by atoms with Gasteiger partial charge in [-0.2, -0.15) is 0 Å². The smallest absolute Gasteiger partial charge is 0.189 e. The molecule has 0 atom stereocenters. The molecule has 1 nitrogen and oxygen atoms in total. The maximum absolute atomic E-state index is 11.4. The first-order valence-corrected chi connectivity index (χ1v) is 5.98. The summed E-state index contributed by atoms with van der Waals surface area (Å²) >= 11 is 1.46. The van der Waals surface area contributed by atoms with E-state index in [9.17, 15) is 4.79 Å². The van der Waals surface area contributed by atoms with Crippen molar-refractivity contribution in [3.05, 3.63) is 11.6 Å². The summed E-state index contributed by atoms with van der Waals surface area (Å²) in [5.74, 6) is 0. The third-order valence-electron chi connectivity index (χ3n) is 1.56. The van der Waals surface area contributed by atoms with Gasteiger partial charge in [0.25, 0.3) is 0 Å². The maximum atomic E-state index is 11.4. The number of rotatable bonds is 4. The zero-order chi connectivity index (χ0) is 11.2. The van der Waals surface area contributed by atoms with Crippen molar-refractivity contribution in [1.82, 2.24) is 0 Å². The van der Waals surface area contributed by atoms with Crippen LogP contribution in [0.2, 0.25) is 0 Å². The summed E-state index contributed by atoms with van der Waals surface area (Å²) in [6.45, 7) is 10.4. The Bertz CT molecular complexity index is 207. The van der Waals surface area contributed by atoms with E-state index >= 15 is 0 Å². The lowest BCUT2D eigenvalue weighted by Crippen LogP contribution is -2.11. The standard InChI is InChI=1S/C12H22OS/c1-10(2)8-6-7-9-11(13)14-12(3,4)5/h8H,6-7,9H2,1-5H3. The highest BCUT2D eigenvalue weighted by Gasteiger charge is 2.15. The van der Waals surface area contributed by atoms with Crippen LogP contribution in [0.4, 0.5) is 0 Å². The lowest BCUT2D eigenvalue weighted by atomic mass is 10.2. The highest BCUT2D eigenvalue weighted by Crippen LogP contribution is 2.25. The molecule has 2 heteroatoms. The molecule has 0 radical (unpaired) electrons. The molecule has 0 aliphatic rings. The van der Waals surface area contributed by atoms with Crippen LogP contribution in [0.5, 0.6) is 0 Å². The van der Waals surface area contributed by atoms with Crippen molar-refractivity contribution >= 4 is 16.9 Å². The summed E-state index contributed by atoms with van der Waals surface area (Å²) in [5.41, 5.74) is 1.33. The van der Waals surface area contributed by atoms with Gasteiger partial charge in [-0.25, -0.2) is 0 Å². The number of allylic oxidation sites excluding steroid dienone is 2. The first-order valence-electron chi connectivity index (χ1n) is 5.16. The van der Waals surface area contributed by atoms with Crippen LogP contribution in [-0.2, 0) is 4.79 Å². The molecule has 0 aromatic rings. The molecule has 0 saturated carbocycles. The van der Waals surface area contributed by atoms with Crippen LogP contribution in [-0.4, -0.2) is 9.86 Å². The summed E-state index contributed by atoms with van der Waals surface area (Å²) in [5, 5.41) is 0.319. The topological polar surface area (TPSA) is 17.1 Å². The van der Waals surface area contributed by atoms with Gasteiger partial charge in [0.1, 0.15) is 0 Å². The Hall–Kier alpha value is -0.240. The van der Waals surface area contributed by atoms with E-state index in [1.165, 1.54) is 17.3 Å². The Balaban J connectivity index is 3.61. The summed E-state index contributed by atoms with van der Waals surface area (Å²) in [6, 6.07) is 0. The van der Waals surface area contributed by atoms with Crippen molar-refractivity contribution in [1.29, 1.82) is 0 Å². The van der Waals surface area contributed by atoms with E-state index in [1.54, 1.807) is 0 Å². The van der Waals surface area contributed by atoms with Gasteiger partial charge in [-0.1, -0.05) is 44.2 Å². The predicted octanol–water partition coefficient (Wildman–Crippen LogP) is 4.18. The first-order chi connectivity index (χ1) is 6.31. The van der Waals surface area contributed by atoms with Crippen LogP contribution in [0.25, 0.3) is 0 Å². The van der Waals surface area contributed by atoms with E-state index in [0.29, 0.717) is 11.5 Å². The summed E-state index contributed by atoms with van der Waals surface area (Å²) < 4.78 is 0.0631. The van der Waals surface area contributed by atoms with Crippen LogP contribution in [0.15, 0.2) is 11.6 Å². The molecule has 0 aromatic heterocycles. The molecular formula is C12H22OS. The number of unbranched alkanes of at least 4 members (excludes halogenated alkanes) is 1. The van der Waals surface area contributed by atoms with E-state index in [4.69, 9.17) is 0 Å². The lowest BCUT2D eigenvalue weighted by Gasteiger charge is -2.15. The molecule has 0 heterocycles. The number of thioether (sulfide) groups is 1. The van der Waals surface area contributed by atoms with Gasteiger partial charge in [0.15, 0.2) is 5.12 Å². The Morgan fingerprint density at radius 3 is 2.29 bits per heavy atom. The minimum absolute atomic E-state index is 0.0631. The van der Waals surface area contributed by atoms with Crippen molar-refractivity contribution in [2.45, 2.75) is 58.6 Å². The van der Waals surface area contributed by atoms with Crippen LogP contribution in [0.1, 0.15) is 53.9 Å². The van der Waals surface area contributed by atoms with Crippen LogP contribution in [0, 0.1) is 0 Å². The molecule has 14 heavy (non-hydrogen) atoms. The minimum Gasteiger partial charge on any atom is -0.287 e. The second kappa shape index (κ2) is 6.28. The SMILES string of the molecule is CC(C)=CCCCC(=O)SC(C)(C)C. The molecule has 0 rings (SSSR count). The molecule has 0 aliphatic heterocycles. The summed E-state index contributed by atoms with van der Waals surface area (Å²) in [6.07, 6.45) is 4.90. The van der Waals surface area contributed by atoms with E-state index in [1.807, 2.05) is 0 Å². The van der Waals surface area contributed by atoms with Crippen LogP contribution in [0.3, 0.4) is 0 Å². The quantitative estimate of drug-likeness (QED) is 0.516. The maximum Gasteiger partial charge on any atom is 0.189 e. The van der Waals surface area contributed by atoms with Gasteiger partial charge in [-0.15, -0.1) is 0 Å². The number of carbonyl (C=O) groups is 1. The van der Waals surface area contributed by atoms with Gasteiger partial charge in [0.2, 0.25) is 0 Å². The minimum atomic E-state index is 0.0631. The third-order valence-corrected chi connectivity index (χ3v) is 2.60. The van der Waals surface area contributed by atoms with Crippen molar-refractivity contribution in [3.63, 3.8) is 0 Å². The monoisotopic (exact) mass is 214 g/mol. The second-order valence-corrected chi connectivity index (χ2v) is 6.64. The van der Waals surface area contributed by atoms with Crippen molar-refractivity contribution in [3.8, 4) is 0 Å². The van der Waals surface area contributed by atoms with Crippen LogP contribution < -0.4 is 0 Å². The lowest BCUT2D eigenvalue weighted by molar-refractivity contribution is -0.111. The fourth-order valence-corrected chi connectivity index (χ4v) is 1.96. The molecule has 0 unspecified atom stereocenters. The van der Waals surface area contributed by atoms with Crippen molar-refractivity contribution in [2.24, 2.45) is 0 Å². The Labute approximate surface area is 92.3 Å². The second-order valence-electron chi connectivity index (χ2n) is 4.76. The summed E-state index contributed by atoms with van der Waals surface area (Å²) in [4.78, 5) is 11.4. The van der Waals surface area contributed by atoms with Gasteiger partial charge in [-0.3, -0.25) is 4.79 Å². The molecule has 0 bridgehead atoms. The molecule has 0 amide bonds. The Morgan fingerprint density at radius 2 is 1.86 bits per heavy atom. The zero-order valence-corrected chi connectivity index (χ0v) is 10.8. The first kappa shape index (κ1) is 13.8. The average molecular weight is 214 g/mol. The summed E-state index contributed by atoms with van der Waals surface area (Å²) in [7, 11) is 0. The number of carbonyl (C=O) groups excluding carboxylic acids is 1. The number of hydrogen-bond donors (Lipinski definition) is 0. The van der Waals surface area contributed by atoms with E-state index in [-0.39, 0.29) is 4.75 Å². The van der Waals surface area contributed by atoms with Crippen molar-refractivity contribution < 1.29 is 4.79 Å². The predicted molar refractivity (Wildman–Crippen MR) is 65.6 cm³/mol.